The molecule has 282 valence electrons. The summed E-state index contributed by atoms with van der Waals surface area (Å²) in [5.74, 6) is 2.11. The Labute approximate surface area is 307 Å². The molecular weight excluding hydrogens is 659 g/mol. The van der Waals surface area contributed by atoms with Crippen LogP contribution in [0.4, 0.5) is 0 Å². The van der Waals surface area contributed by atoms with E-state index in [0.29, 0.717) is 36.4 Å². The third-order valence-electron chi connectivity index (χ3n) is 16.2. The van der Waals surface area contributed by atoms with Crippen LogP contribution in [0.2, 0.25) is 0 Å². The Balaban J connectivity index is 1.15. The number of aliphatic hydroxyl groups is 1. The fourth-order valence-corrected chi connectivity index (χ4v) is 14.7. The van der Waals surface area contributed by atoms with E-state index in [-0.39, 0.29) is 56.6 Å². The molecule has 1 saturated heterocycles. The number of ether oxygens (including phenoxy) is 1. The number of allylic oxidation sites excluding steroid dienone is 2. The van der Waals surface area contributed by atoms with Crippen LogP contribution in [0.15, 0.2) is 35.3 Å². The molecule has 10 unspecified atom stereocenters. The van der Waals surface area contributed by atoms with Crippen molar-refractivity contribution in [2.45, 2.75) is 111 Å². The van der Waals surface area contributed by atoms with Crippen molar-refractivity contribution >= 4 is 27.6 Å². The molecule has 0 spiro atoms. The molecule has 4 fully saturated rings. The molecule has 0 aromatic heterocycles. The molecule has 1 aromatic rings. The molecule has 0 radical (unpaired) electrons. The molecule has 2 aliphatic heterocycles. The van der Waals surface area contributed by atoms with E-state index in [9.17, 15) is 18.3 Å². The fourth-order valence-electron chi connectivity index (χ4n) is 13.4. The van der Waals surface area contributed by atoms with Crippen LogP contribution in [0, 0.1) is 45.3 Å². The summed E-state index contributed by atoms with van der Waals surface area (Å²) in [7, 11) is -1.47. The molecule has 6 aliphatic rings. The van der Waals surface area contributed by atoms with Gasteiger partial charge >= 0.3 is 5.97 Å². The number of carbonyl (C=O) groups excluding carboxylic acids is 1. The number of nitrogens with one attached hydrogen (secondary N) is 1. The smallest absolute Gasteiger partial charge is 0.337 e. The molecule has 0 amide bonds. The lowest BCUT2D eigenvalue weighted by atomic mass is 9.32. The molecule has 7 rings (SSSR count). The summed E-state index contributed by atoms with van der Waals surface area (Å²) in [5, 5.41) is 15.4. The van der Waals surface area contributed by atoms with Gasteiger partial charge in [-0.05, 0) is 115 Å². The first kappa shape index (κ1) is 37.3. The molecule has 10 atom stereocenters. The van der Waals surface area contributed by atoms with Crippen LogP contribution in [-0.2, 0) is 14.6 Å². The highest BCUT2D eigenvalue weighted by molar-refractivity contribution is 7.91. The van der Waals surface area contributed by atoms with Gasteiger partial charge in [-0.25, -0.2) is 13.2 Å². The lowest BCUT2D eigenvalue weighted by Gasteiger charge is -2.73. The Morgan fingerprint density at radius 3 is 2.35 bits per heavy atom. The minimum Gasteiger partial charge on any atom is -0.465 e. The Morgan fingerprint density at radius 2 is 1.69 bits per heavy atom. The predicted octanol–water partition coefficient (Wildman–Crippen LogP) is 6.43. The summed E-state index contributed by atoms with van der Waals surface area (Å²) in [6, 6.07) is 7.89. The standard InChI is InChI=1S/C42H63N3O5S/c1-28(46)36-35-32-12-13-34-39(4)16-14-31(29-8-10-30(11-9-29)37(47)50-7)38(2,3)33(39)15-17-41(34,6)40(32,5)18-19-42(35,20-21-43-36)44-22-23-45-24-26-51(48,49)27-25-45/h8-11,14,21,28,32-36,44,46H,12-13,15-20,22-27H2,1-7H3. The Bertz CT molecular complexity index is 1660. The van der Waals surface area contributed by atoms with Crippen LogP contribution in [0.1, 0.15) is 109 Å². The zero-order valence-electron chi connectivity index (χ0n) is 32.2. The first-order valence-corrected chi connectivity index (χ1v) is 21.6. The highest BCUT2D eigenvalue weighted by Crippen LogP contribution is 2.75. The maximum atomic E-state index is 12.1. The molecule has 2 heterocycles. The summed E-state index contributed by atoms with van der Waals surface area (Å²) < 4.78 is 29.0. The van der Waals surface area contributed by atoms with Crippen LogP contribution < -0.4 is 5.32 Å². The second-order valence-electron chi connectivity index (χ2n) is 18.7. The van der Waals surface area contributed by atoms with Crippen LogP contribution in [0.3, 0.4) is 0 Å². The van der Waals surface area contributed by atoms with E-state index < -0.39 is 15.9 Å². The monoisotopic (exact) mass is 721 g/mol. The predicted molar refractivity (Wildman–Crippen MR) is 205 cm³/mol. The number of aliphatic imine (C=N–C) groups is 1. The first-order valence-electron chi connectivity index (χ1n) is 19.8. The number of aliphatic hydroxyl groups excluding tert-OH is 1. The van der Waals surface area contributed by atoms with Gasteiger partial charge < -0.3 is 20.1 Å². The lowest BCUT2D eigenvalue weighted by Crippen LogP contribution is -2.71. The summed E-state index contributed by atoms with van der Waals surface area (Å²) in [6.07, 6.45) is 13.1. The van der Waals surface area contributed by atoms with Gasteiger partial charge in [0.05, 0.1) is 36.3 Å². The number of carbonyl (C=O) groups is 1. The summed E-state index contributed by atoms with van der Waals surface area (Å²) >= 11 is 0. The Kier molecular flexibility index (Phi) is 9.53. The third kappa shape index (κ3) is 5.90. The van der Waals surface area contributed by atoms with Crippen LogP contribution >= 0.6 is 0 Å². The van der Waals surface area contributed by atoms with Crippen molar-refractivity contribution in [3.63, 3.8) is 0 Å². The number of benzene rings is 1. The molecular formula is C42H63N3O5S. The maximum absolute atomic E-state index is 12.1. The van der Waals surface area contributed by atoms with Crippen molar-refractivity contribution in [3.8, 4) is 0 Å². The van der Waals surface area contributed by atoms with Gasteiger partial charge in [0, 0.05) is 50.3 Å². The number of hydrogen-bond acceptors (Lipinski definition) is 8. The summed E-state index contributed by atoms with van der Waals surface area (Å²) in [6.45, 7) is 17.7. The van der Waals surface area contributed by atoms with E-state index in [2.05, 4.69) is 69.3 Å². The van der Waals surface area contributed by atoms with E-state index >= 15 is 0 Å². The van der Waals surface area contributed by atoms with E-state index in [1.807, 2.05) is 19.1 Å². The van der Waals surface area contributed by atoms with Crippen molar-refractivity contribution in [1.29, 1.82) is 0 Å². The van der Waals surface area contributed by atoms with Crippen molar-refractivity contribution in [2.75, 3.05) is 44.8 Å². The zero-order chi connectivity index (χ0) is 36.6. The number of esters is 1. The van der Waals surface area contributed by atoms with Crippen molar-refractivity contribution in [2.24, 2.45) is 50.3 Å². The molecule has 0 bridgehead atoms. The van der Waals surface area contributed by atoms with Crippen molar-refractivity contribution in [1.82, 2.24) is 10.2 Å². The fraction of sp³-hybridized carbons (Fsp3) is 0.762. The van der Waals surface area contributed by atoms with Gasteiger partial charge in [0.25, 0.3) is 0 Å². The van der Waals surface area contributed by atoms with E-state index in [4.69, 9.17) is 9.73 Å². The molecule has 4 aliphatic carbocycles. The minimum atomic E-state index is -2.90. The normalized spacial score (nSPS) is 42.0. The van der Waals surface area contributed by atoms with E-state index in [1.54, 1.807) is 0 Å². The molecule has 3 saturated carbocycles. The highest BCUT2D eigenvalue weighted by Gasteiger charge is 2.70. The molecule has 9 heteroatoms. The SMILES string of the molecule is COC(=O)c1ccc(C2=CCC3(C)C(CCC4(C)C3CCC3C5C(C(C)O)N=CCC5(NCCN5CCS(=O)(=O)CC5)CCC34C)C2(C)C)cc1. The number of sulfone groups is 1. The van der Waals surface area contributed by atoms with Gasteiger partial charge in [0.15, 0.2) is 9.84 Å². The molecule has 1 aromatic carbocycles. The number of rotatable bonds is 7. The number of nitrogens with zero attached hydrogens (tertiary/aromatic N) is 2. The number of fused-ring (bicyclic) bond motifs is 7. The largest absolute Gasteiger partial charge is 0.465 e. The van der Waals surface area contributed by atoms with E-state index in [1.165, 1.54) is 50.4 Å². The van der Waals surface area contributed by atoms with E-state index in [0.717, 1.165) is 32.4 Å². The van der Waals surface area contributed by atoms with Gasteiger partial charge in [-0.3, -0.25) is 4.99 Å². The van der Waals surface area contributed by atoms with Gasteiger partial charge in [-0.1, -0.05) is 52.8 Å². The highest BCUT2D eigenvalue weighted by atomic mass is 32.2. The molecule has 51 heavy (non-hydrogen) atoms. The van der Waals surface area contributed by atoms with Gasteiger partial charge in [0.2, 0.25) is 0 Å². The molecule has 8 nitrogen and oxygen atoms in total. The van der Waals surface area contributed by atoms with Gasteiger partial charge in [0.1, 0.15) is 0 Å². The van der Waals surface area contributed by atoms with Gasteiger partial charge in [-0.15, -0.1) is 0 Å². The quantitative estimate of drug-likeness (QED) is 0.313. The maximum Gasteiger partial charge on any atom is 0.337 e. The Morgan fingerprint density at radius 1 is 0.980 bits per heavy atom. The first-order chi connectivity index (χ1) is 24.0. The second-order valence-corrected chi connectivity index (χ2v) is 21.0. The average Bonchev–Trinajstić information content (AvgIpc) is 3.08. The number of methoxy groups -OCH3 is 1. The number of hydrogen-bond donors (Lipinski definition) is 2. The lowest BCUT2D eigenvalue weighted by molar-refractivity contribution is -0.224. The molecule has 2 N–H and O–H groups in total. The van der Waals surface area contributed by atoms with Crippen LogP contribution in [-0.4, -0.2) is 93.1 Å². The summed E-state index contributed by atoms with van der Waals surface area (Å²) in [4.78, 5) is 19.5. The summed E-state index contributed by atoms with van der Waals surface area (Å²) in [5.41, 5.74) is 3.60. The van der Waals surface area contributed by atoms with Crippen molar-refractivity contribution < 1.29 is 23.1 Å². The van der Waals surface area contributed by atoms with Crippen LogP contribution in [0.5, 0.6) is 0 Å². The van der Waals surface area contributed by atoms with Crippen LogP contribution in [0.25, 0.3) is 5.57 Å². The average molecular weight is 722 g/mol. The second kappa shape index (κ2) is 13.1. The zero-order valence-corrected chi connectivity index (χ0v) is 33.0. The third-order valence-corrected chi connectivity index (χ3v) is 17.8. The van der Waals surface area contributed by atoms with Gasteiger partial charge in [-0.2, -0.15) is 0 Å². The topological polar surface area (TPSA) is 108 Å². The minimum absolute atomic E-state index is 0.00144. The van der Waals surface area contributed by atoms with Crippen molar-refractivity contribution in [3.05, 3.63) is 41.5 Å². The Hall–Kier alpha value is -2.07.